The molecule has 0 unspecified atom stereocenters. The Bertz CT molecular complexity index is 1430. The van der Waals surface area contributed by atoms with Crippen molar-refractivity contribution in [1.82, 2.24) is 0 Å². The summed E-state index contributed by atoms with van der Waals surface area (Å²) in [5.74, 6) is -1.55. The number of amides is 1. The van der Waals surface area contributed by atoms with Crippen molar-refractivity contribution in [3.8, 4) is 17.2 Å². The van der Waals surface area contributed by atoms with E-state index >= 15 is 0 Å². The van der Waals surface area contributed by atoms with Crippen LogP contribution in [0, 0.1) is 0 Å². The van der Waals surface area contributed by atoms with Crippen LogP contribution in [0.4, 0.5) is 5.69 Å². The number of carbonyl (C=O) groups is 3. The zero-order valence-electron chi connectivity index (χ0n) is 30.7. The van der Waals surface area contributed by atoms with Gasteiger partial charge in [-0.05, 0) is 66.9 Å². The first-order valence-electron chi connectivity index (χ1n) is 18.3. The number of rotatable bonds is 26. The predicted molar refractivity (Wildman–Crippen MR) is 197 cm³/mol. The summed E-state index contributed by atoms with van der Waals surface area (Å²) in [6, 6.07) is 17.9. The summed E-state index contributed by atoms with van der Waals surface area (Å²) in [7, 11) is 0. The van der Waals surface area contributed by atoms with Gasteiger partial charge in [0.1, 0.15) is 22.8 Å². The van der Waals surface area contributed by atoms with Gasteiger partial charge in [0.25, 0.3) is 0 Å². The van der Waals surface area contributed by atoms with Crippen LogP contribution in [0.2, 0.25) is 0 Å². The molecule has 4 N–H and O–H groups in total. The van der Waals surface area contributed by atoms with E-state index in [4.69, 9.17) is 9.47 Å². The van der Waals surface area contributed by atoms with Crippen molar-refractivity contribution in [1.29, 1.82) is 0 Å². The van der Waals surface area contributed by atoms with E-state index in [9.17, 15) is 24.6 Å². The molecule has 0 saturated heterocycles. The third kappa shape index (κ3) is 19.2. The third-order valence-electron chi connectivity index (χ3n) is 8.63. The second kappa shape index (κ2) is 27.3. The molecule has 3 aromatic carbocycles. The van der Waals surface area contributed by atoms with Crippen LogP contribution in [0.3, 0.4) is 0 Å². The zero-order chi connectivity index (χ0) is 35.1. The summed E-state index contributed by atoms with van der Waals surface area (Å²) >= 11 is 0. The van der Waals surface area contributed by atoms with Gasteiger partial charge in [-0.25, -0.2) is 9.59 Å². The minimum absolute atomic E-state index is 0. The zero-order valence-corrected chi connectivity index (χ0v) is 32.7. The molecule has 274 valence electrons. The Labute approximate surface area is 326 Å². The molecule has 9 nitrogen and oxygen atoms in total. The average molecular weight is 714 g/mol. The Morgan fingerprint density at radius 3 is 1.76 bits per heavy atom. The standard InChI is InChI=1S/C41H55NO7.Na.H2O/c1-2-3-4-5-6-7-8-9-10-11-12-13-14-15-16-17-29-48-35-25-21-32(22-26-35)23-28-39(43)42-34-24-27-38(37(31-34)41(46)47)49-36-20-18-19-33(30-36)40(44)45;;/h18-22,24-27,30-31H,2-17,23,28-29H2,1H3,(H,42,43)(H,44,45)(H,46,47);;1H2/q;+1;/p-1. The van der Waals surface area contributed by atoms with Crippen molar-refractivity contribution in [2.75, 3.05) is 11.9 Å². The summed E-state index contributed by atoms with van der Waals surface area (Å²) in [6.45, 7) is 2.98. The Hall–Kier alpha value is -3.37. The number of hydrogen-bond acceptors (Lipinski definition) is 6. The Morgan fingerprint density at radius 1 is 0.647 bits per heavy atom. The third-order valence-corrected chi connectivity index (χ3v) is 8.63. The number of nitrogens with one attached hydrogen (secondary N) is 1. The van der Waals surface area contributed by atoms with Crippen LogP contribution in [0.1, 0.15) is 142 Å². The monoisotopic (exact) mass is 713 g/mol. The summed E-state index contributed by atoms with van der Waals surface area (Å²) in [5.41, 5.74) is 1.19. The second-order valence-corrected chi connectivity index (χ2v) is 12.8. The first-order valence-corrected chi connectivity index (χ1v) is 18.3. The van der Waals surface area contributed by atoms with Gasteiger partial charge < -0.3 is 30.5 Å². The maximum atomic E-state index is 12.6. The van der Waals surface area contributed by atoms with Gasteiger partial charge in [-0.1, -0.05) is 121 Å². The number of aromatic carboxylic acids is 2. The number of benzene rings is 3. The van der Waals surface area contributed by atoms with Gasteiger partial charge in [0.05, 0.1) is 12.2 Å². The molecule has 1 amide bonds. The smallest absolute Gasteiger partial charge is 0.870 e. The van der Waals surface area contributed by atoms with Crippen molar-refractivity contribution < 1.29 is 69.1 Å². The summed E-state index contributed by atoms with van der Waals surface area (Å²) in [6.07, 6.45) is 22.3. The molecule has 0 aliphatic carbocycles. The number of unbranched alkanes of at least 4 members (excludes halogenated alkanes) is 15. The molecule has 3 aromatic rings. The molecule has 0 aliphatic rings. The Balaban J connectivity index is 0.00000650. The summed E-state index contributed by atoms with van der Waals surface area (Å²) < 4.78 is 11.6. The molecule has 0 saturated carbocycles. The molecular formula is C41H56NNaO8. The van der Waals surface area contributed by atoms with Crippen molar-refractivity contribution in [2.24, 2.45) is 0 Å². The van der Waals surface area contributed by atoms with Crippen LogP contribution < -0.4 is 44.3 Å². The van der Waals surface area contributed by atoms with Gasteiger partial charge in [0.15, 0.2) is 0 Å². The van der Waals surface area contributed by atoms with Gasteiger partial charge in [0, 0.05) is 12.1 Å². The number of carboxylic acids is 2. The predicted octanol–water partition coefficient (Wildman–Crippen LogP) is 7.91. The summed E-state index contributed by atoms with van der Waals surface area (Å²) in [4.78, 5) is 35.7. The van der Waals surface area contributed by atoms with E-state index in [1.807, 2.05) is 24.3 Å². The minimum Gasteiger partial charge on any atom is -0.870 e. The molecule has 0 radical (unpaired) electrons. The van der Waals surface area contributed by atoms with Crippen LogP contribution >= 0.6 is 0 Å². The van der Waals surface area contributed by atoms with E-state index in [2.05, 4.69) is 12.2 Å². The maximum absolute atomic E-state index is 12.6. The van der Waals surface area contributed by atoms with Crippen molar-refractivity contribution >= 4 is 23.5 Å². The second-order valence-electron chi connectivity index (χ2n) is 12.8. The van der Waals surface area contributed by atoms with Crippen LogP contribution in [-0.4, -0.2) is 40.1 Å². The Morgan fingerprint density at radius 2 is 1.22 bits per heavy atom. The number of hydrogen-bond donors (Lipinski definition) is 3. The SMILES string of the molecule is CCCCCCCCCCCCCCCCCCOc1ccc(CCC(=O)Nc2ccc(Oc3cccc(C(=O)O)c3)c(C(=O)O)c2)cc1.[Na+].[OH-]. The van der Waals surface area contributed by atoms with E-state index in [-0.39, 0.29) is 70.0 Å². The number of aryl methyl sites for hydroxylation is 1. The fraction of sp³-hybridized carbons (Fsp3) is 0.488. The van der Waals surface area contributed by atoms with Gasteiger partial charge in [-0.3, -0.25) is 4.79 Å². The number of carboxylic acid groups (broad SMARTS) is 2. The van der Waals surface area contributed by atoms with Gasteiger partial charge in [-0.15, -0.1) is 0 Å². The first kappa shape index (κ1) is 45.7. The molecule has 51 heavy (non-hydrogen) atoms. The van der Waals surface area contributed by atoms with Crippen LogP contribution in [-0.2, 0) is 11.2 Å². The van der Waals surface area contributed by atoms with Crippen molar-refractivity contribution in [2.45, 2.75) is 122 Å². The average Bonchev–Trinajstić information content (AvgIpc) is 3.10. The molecule has 0 fully saturated rings. The Kier molecular flexibility index (Phi) is 24.4. The van der Waals surface area contributed by atoms with Crippen LogP contribution in [0.15, 0.2) is 66.7 Å². The van der Waals surface area contributed by atoms with Crippen LogP contribution in [0.25, 0.3) is 0 Å². The largest absolute Gasteiger partial charge is 1.00 e. The van der Waals surface area contributed by atoms with Crippen molar-refractivity contribution in [3.05, 3.63) is 83.4 Å². The molecule has 0 atom stereocenters. The molecule has 0 aromatic heterocycles. The van der Waals surface area contributed by atoms with Gasteiger partial charge in [0.2, 0.25) is 5.91 Å². The molecule has 0 bridgehead atoms. The van der Waals surface area contributed by atoms with E-state index in [0.717, 1.165) is 17.7 Å². The molecule has 0 heterocycles. The van der Waals surface area contributed by atoms with E-state index in [0.29, 0.717) is 18.7 Å². The quantitative estimate of drug-likeness (QED) is 0.0561. The first-order chi connectivity index (χ1) is 23.9. The topological polar surface area (TPSA) is 152 Å². The molecule has 10 heteroatoms. The number of carbonyl (C=O) groups excluding carboxylic acids is 1. The molecule has 0 aliphatic heterocycles. The minimum atomic E-state index is -1.24. The summed E-state index contributed by atoms with van der Waals surface area (Å²) in [5, 5.41) is 21.6. The van der Waals surface area contributed by atoms with Crippen molar-refractivity contribution in [3.63, 3.8) is 0 Å². The van der Waals surface area contributed by atoms with Gasteiger partial charge >= 0.3 is 41.5 Å². The van der Waals surface area contributed by atoms with E-state index < -0.39 is 11.9 Å². The molecule has 0 spiro atoms. The van der Waals surface area contributed by atoms with Gasteiger partial charge in [-0.2, -0.15) is 0 Å². The fourth-order valence-electron chi connectivity index (χ4n) is 5.76. The molecular weight excluding hydrogens is 657 g/mol. The van der Waals surface area contributed by atoms with E-state index in [1.54, 1.807) is 6.07 Å². The van der Waals surface area contributed by atoms with Crippen LogP contribution in [0.5, 0.6) is 17.2 Å². The number of ether oxygens (including phenoxy) is 2. The number of anilines is 1. The molecule has 3 rings (SSSR count). The van der Waals surface area contributed by atoms with E-state index in [1.165, 1.54) is 133 Å². The maximum Gasteiger partial charge on any atom is 1.00 e. The normalized spacial score (nSPS) is 10.5. The fourth-order valence-corrected chi connectivity index (χ4v) is 5.76.